The van der Waals surface area contributed by atoms with E-state index in [1.165, 1.54) is 24.8 Å². The van der Waals surface area contributed by atoms with E-state index < -0.39 is 42.6 Å². The summed E-state index contributed by atoms with van der Waals surface area (Å²) in [6, 6.07) is 5.00. The zero-order valence-electron chi connectivity index (χ0n) is 17.8. The number of halogens is 3. The Kier molecular flexibility index (Phi) is 5.35. The standard InChI is InChI=1S/C21H21F3N8O2/c22-21(23,24)20-30-11-4-1-2-6-13(11)31(20)8-15(33)29-12-5-3-7-14(17(12)34)32-10-28-16-18(25)26-9-27-19(16)32/h1-2,4,6,9-10,12,14,17,34H,3,5,7-8H2,(H,29,33)(H2,25,26,27)/t12-,14-,17-/m0/s1. The van der Waals surface area contributed by atoms with E-state index in [-0.39, 0.29) is 16.9 Å². The average Bonchev–Trinajstić information content (AvgIpc) is 3.38. The van der Waals surface area contributed by atoms with Crippen molar-refractivity contribution in [3.63, 3.8) is 0 Å². The first-order valence-corrected chi connectivity index (χ1v) is 10.7. The monoisotopic (exact) mass is 474 g/mol. The quantitative estimate of drug-likeness (QED) is 0.412. The van der Waals surface area contributed by atoms with Crippen LogP contribution in [0.2, 0.25) is 0 Å². The van der Waals surface area contributed by atoms with Gasteiger partial charge < -0.3 is 25.3 Å². The normalized spacial score (nSPS) is 21.2. The van der Waals surface area contributed by atoms with Gasteiger partial charge in [0.15, 0.2) is 11.5 Å². The number of amides is 1. The van der Waals surface area contributed by atoms with Gasteiger partial charge in [-0.15, -0.1) is 0 Å². The number of anilines is 1. The molecule has 1 fully saturated rings. The minimum atomic E-state index is -4.72. The second-order valence-electron chi connectivity index (χ2n) is 8.25. The molecule has 0 bridgehead atoms. The largest absolute Gasteiger partial charge is 0.449 e. The minimum absolute atomic E-state index is 0.147. The van der Waals surface area contributed by atoms with E-state index in [1.54, 1.807) is 16.7 Å². The van der Waals surface area contributed by atoms with E-state index >= 15 is 0 Å². The zero-order chi connectivity index (χ0) is 24.0. The first-order chi connectivity index (χ1) is 16.2. The number of aromatic nitrogens is 6. The lowest BCUT2D eigenvalue weighted by atomic mass is 9.88. The predicted octanol–water partition coefficient (Wildman–Crippen LogP) is 2.05. The van der Waals surface area contributed by atoms with Crippen molar-refractivity contribution < 1.29 is 23.1 Å². The molecule has 1 aromatic carbocycles. The van der Waals surface area contributed by atoms with Crippen molar-refractivity contribution in [1.29, 1.82) is 0 Å². The Morgan fingerprint density at radius 1 is 1.21 bits per heavy atom. The molecule has 1 saturated carbocycles. The number of nitrogen functional groups attached to an aromatic ring is 1. The Morgan fingerprint density at radius 3 is 2.79 bits per heavy atom. The van der Waals surface area contributed by atoms with Crippen LogP contribution in [0.5, 0.6) is 0 Å². The number of hydrogen-bond acceptors (Lipinski definition) is 7. The maximum Gasteiger partial charge on any atom is 0.449 e. The van der Waals surface area contributed by atoms with Gasteiger partial charge in [0.1, 0.15) is 18.4 Å². The molecule has 4 N–H and O–H groups in total. The molecule has 0 unspecified atom stereocenters. The number of nitrogens with two attached hydrogens (primary N) is 1. The van der Waals surface area contributed by atoms with Gasteiger partial charge in [0.2, 0.25) is 11.7 Å². The number of fused-ring (bicyclic) bond motifs is 2. The first kappa shape index (κ1) is 22.1. The number of nitrogens with one attached hydrogen (secondary N) is 1. The summed E-state index contributed by atoms with van der Waals surface area (Å²) in [7, 11) is 0. The summed E-state index contributed by atoms with van der Waals surface area (Å²) in [6.45, 7) is -0.582. The summed E-state index contributed by atoms with van der Waals surface area (Å²) in [5.41, 5.74) is 7.06. The molecule has 0 radical (unpaired) electrons. The van der Waals surface area contributed by atoms with Crippen LogP contribution in [0, 0.1) is 0 Å². The molecule has 178 valence electrons. The summed E-state index contributed by atoms with van der Waals surface area (Å²) in [6.07, 6.45) is -1.15. The topological polar surface area (TPSA) is 137 Å². The Balaban J connectivity index is 1.37. The van der Waals surface area contributed by atoms with E-state index in [4.69, 9.17) is 5.73 Å². The molecule has 34 heavy (non-hydrogen) atoms. The zero-order valence-corrected chi connectivity index (χ0v) is 17.8. The molecular formula is C21H21F3N8O2. The van der Waals surface area contributed by atoms with Crippen molar-refractivity contribution >= 4 is 33.9 Å². The van der Waals surface area contributed by atoms with E-state index in [2.05, 4.69) is 25.3 Å². The highest BCUT2D eigenvalue weighted by Gasteiger charge is 2.39. The summed E-state index contributed by atoms with van der Waals surface area (Å²) < 4.78 is 43.2. The Labute approximate surface area is 190 Å². The van der Waals surface area contributed by atoms with Crippen LogP contribution < -0.4 is 11.1 Å². The van der Waals surface area contributed by atoms with E-state index in [0.717, 1.165) is 4.57 Å². The number of rotatable bonds is 4. The number of hydrogen-bond donors (Lipinski definition) is 3. The number of aliphatic hydroxyl groups excluding tert-OH is 1. The van der Waals surface area contributed by atoms with Crippen LogP contribution in [0.3, 0.4) is 0 Å². The molecule has 1 amide bonds. The summed E-state index contributed by atoms with van der Waals surface area (Å²) in [4.78, 5) is 28.8. The highest BCUT2D eigenvalue weighted by atomic mass is 19.4. The van der Waals surface area contributed by atoms with Gasteiger partial charge in [-0.2, -0.15) is 13.2 Å². The highest BCUT2D eigenvalue weighted by molar-refractivity contribution is 5.82. The van der Waals surface area contributed by atoms with Crippen LogP contribution >= 0.6 is 0 Å². The lowest BCUT2D eigenvalue weighted by Gasteiger charge is -2.36. The number of aliphatic hydroxyl groups is 1. The van der Waals surface area contributed by atoms with Crippen LogP contribution in [0.25, 0.3) is 22.2 Å². The molecule has 0 saturated heterocycles. The second kappa shape index (κ2) is 8.24. The van der Waals surface area contributed by atoms with Crippen molar-refractivity contribution in [3.05, 3.63) is 42.7 Å². The maximum atomic E-state index is 13.5. The average molecular weight is 474 g/mol. The number of carbonyl (C=O) groups excluding carboxylic acids is 1. The molecule has 0 spiro atoms. The lowest BCUT2D eigenvalue weighted by molar-refractivity contribution is -0.147. The number of carbonyl (C=O) groups is 1. The Morgan fingerprint density at radius 2 is 2.00 bits per heavy atom. The van der Waals surface area contributed by atoms with Crippen molar-refractivity contribution in [2.24, 2.45) is 0 Å². The van der Waals surface area contributed by atoms with Crippen LogP contribution in [0.1, 0.15) is 31.1 Å². The van der Waals surface area contributed by atoms with Crippen molar-refractivity contribution in [3.8, 4) is 0 Å². The predicted molar refractivity (Wildman–Crippen MR) is 115 cm³/mol. The molecular weight excluding hydrogens is 453 g/mol. The second-order valence-corrected chi connectivity index (χ2v) is 8.25. The third kappa shape index (κ3) is 3.81. The SMILES string of the molecule is Nc1ncnc2c1ncn2[C@H]1CCC[C@H](NC(=O)Cn2c(C(F)(F)F)nc3ccccc32)[C@@H]1O. The number of imidazole rings is 2. The molecule has 10 nitrogen and oxygen atoms in total. The number of alkyl halides is 3. The molecule has 0 aliphatic heterocycles. The number of nitrogens with zero attached hydrogens (tertiary/aromatic N) is 6. The number of para-hydroxylation sites is 2. The first-order valence-electron chi connectivity index (χ1n) is 10.7. The van der Waals surface area contributed by atoms with Gasteiger partial charge in [0, 0.05) is 0 Å². The van der Waals surface area contributed by atoms with Gasteiger partial charge in [0.05, 0.1) is 35.5 Å². The van der Waals surface area contributed by atoms with Crippen LogP contribution in [0.15, 0.2) is 36.9 Å². The maximum absolute atomic E-state index is 13.5. The van der Waals surface area contributed by atoms with Gasteiger partial charge in [-0.3, -0.25) is 4.79 Å². The third-order valence-corrected chi connectivity index (χ3v) is 6.12. The van der Waals surface area contributed by atoms with Gasteiger partial charge in [0.25, 0.3) is 0 Å². The number of benzene rings is 1. The molecule has 13 heteroatoms. The molecule has 3 aromatic heterocycles. The summed E-state index contributed by atoms with van der Waals surface area (Å²) in [5.74, 6) is -1.58. The smallest absolute Gasteiger partial charge is 0.389 e. The van der Waals surface area contributed by atoms with E-state index in [9.17, 15) is 23.1 Å². The molecule has 5 rings (SSSR count). The minimum Gasteiger partial charge on any atom is -0.389 e. The van der Waals surface area contributed by atoms with Crippen LogP contribution in [-0.2, 0) is 17.5 Å². The van der Waals surface area contributed by atoms with Crippen LogP contribution in [-0.4, -0.2) is 52.2 Å². The lowest BCUT2D eigenvalue weighted by Crippen LogP contribution is -2.50. The summed E-state index contributed by atoms with van der Waals surface area (Å²) in [5, 5.41) is 13.7. The molecule has 3 heterocycles. The van der Waals surface area contributed by atoms with E-state index in [1.807, 2.05) is 0 Å². The van der Waals surface area contributed by atoms with Crippen molar-refractivity contribution in [1.82, 2.24) is 34.4 Å². The van der Waals surface area contributed by atoms with Crippen molar-refractivity contribution in [2.75, 3.05) is 5.73 Å². The molecule has 3 atom stereocenters. The van der Waals surface area contributed by atoms with Crippen LogP contribution in [0.4, 0.5) is 19.0 Å². The van der Waals surface area contributed by atoms with Gasteiger partial charge in [-0.1, -0.05) is 12.1 Å². The van der Waals surface area contributed by atoms with Gasteiger partial charge >= 0.3 is 6.18 Å². The highest BCUT2D eigenvalue weighted by Crippen LogP contribution is 2.33. The molecule has 1 aliphatic carbocycles. The fraction of sp³-hybridized carbons (Fsp3) is 0.381. The third-order valence-electron chi connectivity index (χ3n) is 6.12. The Hall–Kier alpha value is -3.74. The molecule has 4 aromatic rings. The molecule has 1 aliphatic rings. The summed E-state index contributed by atoms with van der Waals surface area (Å²) >= 11 is 0. The van der Waals surface area contributed by atoms with Gasteiger partial charge in [-0.05, 0) is 31.4 Å². The van der Waals surface area contributed by atoms with Crippen molar-refractivity contribution in [2.45, 2.75) is 50.2 Å². The van der Waals surface area contributed by atoms with E-state index in [0.29, 0.717) is 30.4 Å². The Bertz CT molecular complexity index is 1370. The fourth-order valence-electron chi connectivity index (χ4n) is 4.58. The fourth-order valence-corrected chi connectivity index (χ4v) is 4.58. The van der Waals surface area contributed by atoms with Gasteiger partial charge in [-0.25, -0.2) is 19.9 Å².